The monoisotopic (exact) mass is 386 g/mol. The fraction of sp³-hybridized carbons (Fsp3) is 0.421. The Morgan fingerprint density at radius 1 is 1.22 bits per heavy atom. The van der Waals surface area contributed by atoms with Crippen LogP contribution in [0.15, 0.2) is 35.0 Å². The summed E-state index contributed by atoms with van der Waals surface area (Å²) in [5.41, 5.74) is 2.27. The largest absolute Gasteiger partial charge is 0.363 e. The van der Waals surface area contributed by atoms with E-state index < -0.39 is 0 Å². The van der Waals surface area contributed by atoms with E-state index in [4.69, 9.17) is 0 Å². The maximum Gasteiger partial charge on any atom is 0.293 e. The highest BCUT2D eigenvalue weighted by Crippen LogP contribution is 2.31. The van der Waals surface area contributed by atoms with Crippen LogP contribution in [0.3, 0.4) is 0 Å². The van der Waals surface area contributed by atoms with Crippen LogP contribution in [0.1, 0.15) is 28.8 Å². The average molecular weight is 386 g/mol. The number of carbonyl (C=O) groups excluding carboxylic acids is 1. The molecule has 1 aromatic carbocycles. The summed E-state index contributed by atoms with van der Waals surface area (Å²) in [6, 6.07) is 7.18. The van der Waals surface area contributed by atoms with Gasteiger partial charge in [0.15, 0.2) is 0 Å². The molecule has 7 nitrogen and oxygen atoms in total. The van der Waals surface area contributed by atoms with Gasteiger partial charge in [-0.25, -0.2) is 0 Å². The molecule has 27 heavy (non-hydrogen) atoms. The summed E-state index contributed by atoms with van der Waals surface area (Å²) in [7, 11) is 0. The molecule has 1 N–H and O–H groups in total. The Hall–Kier alpha value is -2.45. The molecular weight excluding hydrogens is 364 g/mol. The fourth-order valence-electron chi connectivity index (χ4n) is 3.36. The van der Waals surface area contributed by atoms with Crippen molar-refractivity contribution in [3.63, 3.8) is 0 Å². The van der Waals surface area contributed by atoms with Crippen molar-refractivity contribution >= 4 is 28.6 Å². The van der Waals surface area contributed by atoms with Crippen molar-refractivity contribution in [1.29, 1.82) is 0 Å². The van der Waals surface area contributed by atoms with E-state index in [1.807, 2.05) is 4.90 Å². The number of hydrogen-bond acceptors (Lipinski definition) is 6. The Morgan fingerprint density at radius 2 is 2.00 bits per heavy atom. The van der Waals surface area contributed by atoms with E-state index in [1.165, 1.54) is 11.6 Å². The summed E-state index contributed by atoms with van der Waals surface area (Å²) < 4.78 is 0. The molecule has 0 radical (unpaired) electrons. The molecule has 0 bridgehead atoms. The number of benzene rings is 1. The van der Waals surface area contributed by atoms with E-state index >= 15 is 0 Å². The molecule has 1 saturated heterocycles. The lowest BCUT2D eigenvalue weighted by molar-refractivity contribution is -0.384. The summed E-state index contributed by atoms with van der Waals surface area (Å²) >= 11 is 1.70. The second-order valence-electron chi connectivity index (χ2n) is 7.10. The van der Waals surface area contributed by atoms with Crippen LogP contribution in [0.2, 0.25) is 0 Å². The molecule has 142 valence electrons. The first-order valence-electron chi connectivity index (χ1n) is 9.18. The Balaban J connectivity index is 1.44. The van der Waals surface area contributed by atoms with Gasteiger partial charge in [0.25, 0.3) is 11.6 Å². The van der Waals surface area contributed by atoms with Gasteiger partial charge in [-0.2, -0.15) is 11.3 Å². The molecule has 4 rings (SSSR count). The normalized spacial score (nSPS) is 17.7. The van der Waals surface area contributed by atoms with Crippen molar-refractivity contribution in [2.75, 3.05) is 31.1 Å². The van der Waals surface area contributed by atoms with Gasteiger partial charge in [-0.1, -0.05) is 0 Å². The van der Waals surface area contributed by atoms with Crippen LogP contribution in [0.4, 0.5) is 11.4 Å². The number of nitrogens with one attached hydrogen (secondary N) is 1. The van der Waals surface area contributed by atoms with Gasteiger partial charge in [-0.3, -0.25) is 19.8 Å². The van der Waals surface area contributed by atoms with E-state index in [0.29, 0.717) is 11.3 Å². The van der Waals surface area contributed by atoms with Crippen molar-refractivity contribution < 1.29 is 9.72 Å². The third-order valence-electron chi connectivity index (χ3n) is 5.05. The number of piperazine rings is 1. The number of thiophene rings is 1. The lowest BCUT2D eigenvalue weighted by Crippen LogP contribution is -2.46. The Morgan fingerprint density at radius 3 is 2.63 bits per heavy atom. The molecule has 1 aromatic heterocycles. The average Bonchev–Trinajstić information content (AvgIpc) is 3.34. The molecule has 0 atom stereocenters. The zero-order chi connectivity index (χ0) is 18.8. The number of carbonyl (C=O) groups is 1. The zero-order valence-corrected chi connectivity index (χ0v) is 15.8. The third-order valence-corrected chi connectivity index (χ3v) is 5.78. The molecule has 2 aromatic rings. The van der Waals surface area contributed by atoms with Gasteiger partial charge in [0.1, 0.15) is 5.69 Å². The molecule has 2 aliphatic rings. The molecule has 2 heterocycles. The topological polar surface area (TPSA) is 78.7 Å². The number of hydrogen-bond donors (Lipinski definition) is 1. The number of rotatable bonds is 6. The van der Waals surface area contributed by atoms with Gasteiger partial charge >= 0.3 is 0 Å². The number of amides is 1. The molecule has 1 amide bonds. The van der Waals surface area contributed by atoms with Gasteiger partial charge in [0.2, 0.25) is 0 Å². The standard InChI is InChI=1S/C19H22N4O3S/c24-19(20-16-2-3-16)15-1-4-17(18(11-15)23(25)26)22-8-6-21(7-9-22)12-14-5-10-27-13-14/h1,4-5,10-11,13,16H,2-3,6-9,12H2,(H,20,24). The van der Waals surface area contributed by atoms with Crippen LogP contribution in [0, 0.1) is 10.1 Å². The Kier molecular flexibility index (Phi) is 5.09. The van der Waals surface area contributed by atoms with Crippen LogP contribution in [0.5, 0.6) is 0 Å². The van der Waals surface area contributed by atoms with E-state index in [2.05, 4.69) is 27.0 Å². The second kappa shape index (κ2) is 7.66. The van der Waals surface area contributed by atoms with Gasteiger partial charge in [0.05, 0.1) is 4.92 Å². The molecule has 1 aliphatic heterocycles. The summed E-state index contributed by atoms with van der Waals surface area (Å²) in [6.45, 7) is 4.10. The Labute approximate surface area is 161 Å². The van der Waals surface area contributed by atoms with Crippen molar-refractivity contribution in [2.24, 2.45) is 0 Å². The van der Waals surface area contributed by atoms with E-state index in [1.54, 1.807) is 23.5 Å². The highest BCUT2D eigenvalue weighted by Gasteiger charge is 2.27. The number of nitrogens with zero attached hydrogens (tertiary/aromatic N) is 3. The highest BCUT2D eigenvalue weighted by molar-refractivity contribution is 7.07. The second-order valence-corrected chi connectivity index (χ2v) is 7.88. The predicted octanol–water partition coefficient (Wildman–Crippen LogP) is 2.87. The first-order valence-corrected chi connectivity index (χ1v) is 10.1. The zero-order valence-electron chi connectivity index (χ0n) is 15.0. The van der Waals surface area contributed by atoms with Crippen molar-refractivity contribution in [1.82, 2.24) is 10.2 Å². The molecular formula is C19H22N4O3S. The molecule has 0 unspecified atom stereocenters. The lowest BCUT2D eigenvalue weighted by Gasteiger charge is -2.35. The number of nitro benzene ring substituents is 1. The van der Waals surface area contributed by atoms with Gasteiger partial charge < -0.3 is 10.2 Å². The van der Waals surface area contributed by atoms with E-state index in [0.717, 1.165) is 45.6 Å². The summed E-state index contributed by atoms with van der Waals surface area (Å²) in [5, 5.41) is 18.7. The first-order chi connectivity index (χ1) is 13.1. The minimum atomic E-state index is -0.388. The Bertz CT molecular complexity index is 827. The quantitative estimate of drug-likeness (QED) is 0.610. The van der Waals surface area contributed by atoms with Crippen LogP contribution in [0.25, 0.3) is 0 Å². The fourth-order valence-corrected chi connectivity index (χ4v) is 4.02. The maximum absolute atomic E-state index is 12.2. The van der Waals surface area contributed by atoms with Crippen molar-refractivity contribution in [3.05, 3.63) is 56.3 Å². The highest BCUT2D eigenvalue weighted by atomic mass is 32.1. The van der Waals surface area contributed by atoms with Crippen LogP contribution in [-0.4, -0.2) is 48.0 Å². The molecule has 1 saturated carbocycles. The number of anilines is 1. The molecule has 8 heteroatoms. The van der Waals surface area contributed by atoms with Crippen molar-refractivity contribution in [3.8, 4) is 0 Å². The SMILES string of the molecule is O=C(NC1CC1)c1ccc(N2CCN(Cc3ccsc3)CC2)c([N+](=O)[O-])c1. The smallest absolute Gasteiger partial charge is 0.293 e. The lowest BCUT2D eigenvalue weighted by atomic mass is 10.1. The van der Waals surface area contributed by atoms with E-state index in [-0.39, 0.29) is 22.6 Å². The van der Waals surface area contributed by atoms with Gasteiger partial charge in [-0.05, 0) is 47.4 Å². The van der Waals surface area contributed by atoms with Crippen LogP contribution in [-0.2, 0) is 6.54 Å². The van der Waals surface area contributed by atoms with Gasteiger partial charge in [0, 0.05) is 50.4 Å². The first kappa shape index (κ1) is 17.9. The third kappa shape index (κ3) is 4.28. The molecule has 0 spiro atoms. The maximum atomic E-state index is 12.2. The van der Waals surface area contributed by atoms with Crippen LogP contribution < -0.4 is 10.2 Å². The molecule has 1 aliphatic carbocycles. The number of nitro groups is 1. The predicted molar refractivity (Wildman–Crippen MR) is 105 cm³/mol. The summed E-state index contributed by atoms with van der Waals surface area (Å²) in [6.07, 6.45) is 1.98. The summed E-state index contributed by atoms with van der Waals surface area (Å²) in [5.74, 6) is -0.229. The minimum Gasteiger partial charge on any atom is -0.363 e. The minimum absolute atomic E-state index is 0.00438. The summed E-state index contributed by atoms with van der Waals surface area (Å²) in [4.78, 5) is 27.8. The molecule has 2 fully saturated rings. The van der Waals surface area contributed by atoms with Crippen molar-refractivity contribution in [2.45, 2.75) is 25.4 Å². The van der Waals surface area contributed by atoms with E-state index in [9.17, 15) is 14.9 Å². The van der Waals surface area contributed by atoms with Gasteiger partial charge in [-0.15, -0.1) is 0 Å². The van der Waals surface area contributed by atoms with Crippen LogP contribution >= 0.6 is 11.3 Å².